The van der Waals surface area contributed by atoms with Crippen molar-refractivity contribution in [2.75, 3.05) is 26.2 Å². The van der Waals surface area contributed by atoms with Gasteiger partial charge in [-0.15, -0.1) is 0 Å². The molecule has 1 aromatic heterocycles. The third-order valence-electron chi connectivity index (χ3n) is 5.54. The molecule has 2 aliphatic rings. The minimum Gasteiger partial charge on any atom is -0.326 e. The minimum absolute atomic E-state index is 0.144. The van der Waals surface area contributed by atoms with E-state index in [1.807, 2.05) is 30.5 Å². The fraction of sp³-hybridized carbons (Fsp3) is 0.500. The van der Waals surface area contributed by atoms with Gasteiger partial charge in [0.15, 0.2) is 0 Å². The number of fused-ring (bicyclic) bond motifs is 1. The molecule has 0 spiro atoms. The number of benzene rings is 1. The lowest BCUT2D eigenvalue weighted by Crippen LogP contribution is -2.41. The highest BCUT2D eigenvalue weighted by molar-refractivity contribution is 5.79. The second-order valence-corrected chi connectivity index (χ2v) is 7.37. The molecule has 0 unspecified atom stereocenters. The van der Waals surface area contributed by atoms with Crippen molar-refractivity contribution < 1.29 is 4.79 Å². The number of pyridine rings is 1. The fourth-order valence-electron chi connectivity index (χ4n) is 3.89. The van der Waals surface area contributed by atoms with Gasteiger partial charge in [0.05, 0.1) is 18.1 Å². The lowest BCUT2D eigenvalue weighted by molar-refractivity contribution is -0.132. The standard InChI is InChI=1S/C13H21N3O.C9H7N/c1-2-11-5-7-15(9-11)10-13(17)16-6-3-4-12(16)8-14;1-2-6-9-8(4-1)5-3-7-10-9/h11-12H,2-7,9-10H2,1H3;1-7H/t11-,12+;/m1./s1. The number of nitriles is 1. The van der Waals surface area contributed by atoms with E-state index in [4.69, 9.17) is 5.26 Å². The van der Waals surface area contributed by atoms with Crippen LogP contribution in [0.2, 0.25) is 0 Å². The molecular weight excluding hydrogens is 336 g/mol. The molecule has 2 fully saturated rings. The maximum Gasteiger partial charge on any atom is 0.237 e. The van der Waals surface area contributed by atoms with Crippen molar-refractivity contribution in [2.45, 2.75) is 38.6 Å². The van der Waals surface area contributed by atoms with Crippen LogP contribution in [0.5, 0.6) is 0 Å². The van der Waals surface area contributed by atoms with E-state index in [-0.39, 0.29) is 11.9 Å². The largest absolute Gasteiger partial charge is 0.326 e. The highest BCUT2D eigenvalue weighted by atomic mass is 16.2. The Hall–Kier alpha value is -2.45. The second kappa shape index (κ2) is 9.48. The van der Waals surface area contributed by atoms with E-state index in [1.54, 1.807) is 4.90 Å². The molecular formula is C22H28N4O. The number of rotatable bonds is 3. The van der Waals surface area contributed by atoms with Crippen LogP contribution in [-0.2, 0) is 4.79 Å². The Morgan fingerprint density at radius 2 is 2.04 bits per heavy atom. The van der Waals surface area contributed by atoms with Crippen LogP contribution in [0.15, 0.2) is 42.6 Å². The van der Waals surface area contributed by atoms with Crippen LogP contribution in [0.1, 0.15) is 32.6 Å². The molecule has 142 valence electrons. The zero-order valence-electron chi connectivity index (χ0n) is 16.1. The van der Waals surface area contributed by atoms with Crippen molar-refractivity contribution in [1.29, 1.82) is 5.26 Å². The monoisotopic (exact) mass is 364 g/mol. The summed E-state index contributed by atoms with van der Waals surface area (Å²) in [5.74, 6) is 0.902. The molecule has 3 heterocycles. The second-order valence-electron chi connectivity index (χ2n) is 7.37. The molecule has 5 nitrogen and oxygen atoms in total. The van der Waals surface area contributed by atoms with E-state index in [9.17, 15) is 4.79 Å². The maximum absolute atomic E-state index is 12.1. The summed E-state index contributed by atoms with van der Waals surface area (Å²) in [6.45, 7) is 5.57. The van der Waals surface area contributed by atoms with E-state index in [0.717, 1.165) is 43.9 Å². The van der Waals surface area contributed by atoms with Crippen LogP contribution in [0.4, 0.5) is 0 Å². The van der Waals surface area contributed by atoms with Gasteiger partial charge in [0.2, 0.25) is 5.91 Å². The number of aromatic nitrogens is 1. The Kier molecular flexibility index (Phi) is 6.78. The Morgan fingerprint density at radius 3 is 2.78 bits per heavy atom. The quantitative estimate of drug-likeness (QED) is 0.837. The summed E-state index contributed by atoms with van der Waals surface area (Å²) >= 11 is 0. The summed E-state index contributed by atoms with van der Waals surface area (Å²) in [7, 11) is 0. The van der Waals surface area contributed by atoms with Gasteiger partial charge in [0.1, 0.15) is 6.04 Å². The molecule has 2 saturated heterocycles. The average molecular weight is 364 g/mol. The van der Waals surface area contributed by atoms with Gasteiger partial charge in [-0.3, -0.25) is 14.7 Å². The summed E-state index contributed by atoms with van der Waals surface area (Å²) < 4.78 is 0. The van der Waals surface area contributed by atoms with Crippen molar-refractivity contribution in [3.8, 4) is 6.07 Å². The number of amides is 1. The highest BCUT2D eigenvalue weighted by Crippen LogP contribution is 2.21. The van der Waals surface area contributed by atoms with E-state index < -0.39 is 0 Å². The van der Waals surface area contributed by atoms with Gasteiger partial charge < -0.3 is 4.90 Å². The van der Waals surface area contributed by atoms with Crippen LogP contribution in [0, 0.1) is 17.2 Å². The van der Waals surface area contributed by atoms with Gasteiger partial charge in [-0.1, -0.05) is 37.6 Å². The van der Waals surface area contributed by atoms with Gasteiger partial charge in [-0.05, 0) is 43.9 Å². The highest BCUT2D eigenvalue weighted by Gasteiger charge is 2.31. The predicted molar refractivity (Wildman–Crippen MR) is 107 cm³/mol. The molecule has 5 heteroatoms. The van der Waals surface area contributed by atoms with Crippen molar-refractivity contribution >= 4 is 16.8 Å². The smallest absolute Gasteiger partial charge is 0.237 e. The van der Waals surface area contributed by atoms with E-state index >= 15 is 0 Å². The number of para-hydroxylation sites is 1. The fourth-order valence-corrected chi connectivity index (χ4v) is 3.89. The number of likely N-dealkylation sites (tertiary alicyclic amines) is 2. The molecule has 2 aromatic rings. The average Bonchev–Trinajstić information content (AvgIpc) is 3.37. The van der Waals surface area contributed by atoms with E-state index in [2.05, 4.69) is 35.0 Å². The van der Waals surface area contributed by atoms with Crippen LogP contribution in [0.25, 0.3) is 10.9 Å². The maximum atomic E-state index is 12.1. The number of carbonyl (C=O) groups excluding carboxylic acids is 1. The molecule has 0 N–H and O–H groups in total. The summed E-state index contributed by atoms with van der Waals surface area (Å²) in [5.41, 5.74) is 1.06. The first-order chi connectivity index (χ1) is 13.2. The number of hydrogen-bond acceptors (Lipinski definition) is 4. The molecule has 1 aromatic carbocycles. The molecule has 1 amide bonds. The normalized spacial score (nSPS) is 22.3. The molecule has 2 aliphatic heterocycles. The molecule has 0 bridgehead atoms. The summed E-state index contributed by atoms with van der Waals surface area (Å²) in [5, 5.41) is 10.2. The van der Waals surface area contributed by atoms with E-state index in [1.165, 1.54) is 18.2 Å². The van der Waals surface area contributed by atoms with Crippen molar-refractivity contribution in [2.24, 2.45) is 5.92 Å². The first-order valence-corrected chi connectivity index (χ1v) is 9.92. The molecule has 27 heavy (non-hydrogen) atoms. The zero-order valence-corrected chi connectivity index (χ0v) is 16.1. The van der Waals surface area contributed by atoms with Gasteiger partial charge >= 0.3 is 0 Å². The lowest BCUT2D eigenvalue weighted by Gasteiger charge is -2.23. The van der Waals surface area contributed by atoms with Crippen LogP contribution < -0.4 is 0 Å². The van der Waals surface area contributed by atoms with Crippen molar-refractivity contribution in [3.63, 3.8) is 0 Å². The third kappa shape index (κ3) is 5.05. The molecule has 4 rings (SSSR count). The third-order valence-corrected chi connectivity index (χ3v) is 5.54. The predicted octanol–water partition coefficient (Wildman–Crippen LogP) is 3.47. The summed E-state index contributed by atoms with van der Waals surface area (Å²) in [6.07, 6.45) is 6.05. The lowest BCUT2D eigenvalue weighted by atomic mass is 10.1. The van der Waals surface area contributed by atoms with Crippen LogP contribution >= 0.6 is 0 Å². The Balaban J connectivity index is 0.000000177. The van der Waals surface area contributed by atoms with Crippen molar-refractivity contribution in [3.05, 3.63) is 42.6 Å². The molecule has 0 saturated carbocycles. The summed E-state index contributed by atoms with van der Waals surface area (Å²) in [4.78, 5) is 20.3. The number of nitrogens with zero attached hydrogens (tertiary/aromatic N) is 4. The Morgan fingerprint density at radius 1 is 1.22 bits per heavy atom. The first-order valence-electron chi connectivity index (χ1n) is 9.92. The van der Waals surface area contributed by atoms with E-state index in [0.29, 0.717) is 6.54 Å². The topological polar surface area (TPSA) is 60.2 Å². The Labute approximate surface area is 161 Å². The zero-order chi connectivity index (χ0) is 19.1. The SMILES string of the molecule is CC[C@@H]1CCN(CC(=O)N2CCC[C@H]2C#N)C1.c1ccc2ncccc2c1. The van der Waals surface area contributed by atoms with Crippen LogP contribution in [0.3, 0.4) is 0 Å². The molecule has 0 aliphatic carbocycles. The van der Waals surface area contributed by atoms with Gasteiger partial charge in [0.25, 0.3) is 0 Å². The first kappa shape index (κ1) is 19.3. The van der Waals surface area contributed by atoms with Gasteiger partial charge in [0, 0.05) is 24.7 Å². The molecule has 0 radical (unpaired) electrons. The summed E-state index contributed by atoms with van der Waals surface area (Å²) in [6, 6.07) is 14.1. The number of carbonyl (C=O) groups is 1. The molecule has 2 atom stereocenters. The minimum atomic E-state index is -0.174. The van der Waals surface area contributed by atoms with Crippen LogP contribution in [-0.4, -0.2) is 52.9 Å². The number of hydrogen-bond donors (Lipinski definition) is 0. The van der Waals surface area contributed by atoms with Gasteiger partial charge in [-0.2, -0.15) is 5.26 Å². The van der Waals surface area contributed by atoms with Crippen molar-refractivity contribution in [1.82, 2.24) is 14.8 Å². The van der Waals surface area contributed by atoms with Gasteiger partial charge in [-0.25, -0.2) is 0 Å². The Bertz CT molecular complexity index is 735.